The van der Waals surface area contributed by atoms with Crippen LogP contribution in [0.2, 0.25) is 0 Å². The second-order valence-electron chi connectivity index (χ2n) is 7.18. The number of carbonyl (C=O) groups is 2. The fourth-order valence-electron chi connectivity index (χ4n) is 3.25. The van der Waals surface area contributed by atoms with Crippen LogP contribution in [-0.2, 0) is 16.1 Å². The lowest BCUT2D eigenvalue weighted by Gasteiger charge is -2.14. The molecular weight excluding hydrogens is 412 g/mol. The number of hydrazine groups is 1. The molecule has 10 nitrogen and oxygen atoms in total. The summed E-state index contributed by atoms with van der Waals surface area (Å²) in [6.45, 7) is 2.62. The van der Waals surface area contributed by atoms with Gasteiger partial charge in [0, 0.05) is 48.9 Å². The minimum absolute atomic E-state index is 0.215. The number of hydrogen-bond donors (Lipinski definition) is 5. The van der Waals surface area contributed by atoms with Crippen molar-refractivity contribution in [1.29, 1.82) is 0 Å². The number of amides is 1. The number of nitrogens with one attached hydrogen (secondary N) is 3. The summed E-state index contributed by atoms with van der Waals surface area (Å²) in [5.74, 6) is 0.809. The molecule has 0 saturated heterocycles. The normalized spacial score (nSPS) is 11.1. The van der Waals surface area contributed by atoms with E-state index < -0.39 is 0 Å². The van der Waals surface area contributed by atoms with Crippen LogP contribution in [0.25, 0.3) is 17.0 Å². The van der Waals surface area contributed by atoms with Crippen LogP contribution in [0.4, 0.5) is 17.2 Å². The van der Waals surface area contributed by atoms with Gasteiger partial charge in [0.15, 0.2) is 5.82 Å². The van der Waals surface area contributed by atoms with Crippen LogP contribution in [0, 0.1) is 6.92 Å². The minimum atomic E-state index is -0.215. The second kappa shape index (κ2) is 10.4. The quantitative estimate of drug-likeness (QED) is 0.106. The molecule has 0 fully saturated rings. The standard InChI is InChI=1S/C22H26N6O4/c1-14-19(32-18-6-3-5-16(23)21(14)18)13-28(2)20(30)8-7-15-11-17(24-9-4-10-29)22(25-12-15)26-27-31/h3,5-8,10-12,24,27,31H,4,9,13,23H2,1-2H3,(H,25,26)/b8-7+. The summed E-state index contributed by atoms with van der Waals surface area (Å²) in [6, 6.07) is 7.24. The van der Waals surface area contributed by atoms with E-state index in [-0.39, 0.29) is 5.91 Å². The van der Waals surface area contributed by atoms with Crippen molar-refractivity contribution in [3.05, 3.63) is 53.4 Å². The number of aryl methyl sites for hydroxylation is 1. The summed E-state index contributed by atoms with van der Waals surface area (Å²) in [6.07, 6.45) is 5.74. The number of nitrogen functional groups attached to an aromatic ring is 1. The number of nitrogens with two attached hydrogens (primary N) is 1. The summed E-state index contributed by atoms with van der Waals surface area (Å²) in [5.41, 5.74) is 13.8. The second-order valence-corrected chi connectivity index (χ2v) is 7.18. The Morgan fingerprint density at radius 1 is 1.38 bits per heavy atom. The first-order valence-electron chi connectivity index (χ1n) is 9.97. The maximum atomic E-state index is 12.6. The molecule has 0 atom stereocenters. The lowest BCUT2D eigenvalue weighted by Crippen LogP contribution is -2.24. The van der Waals surface area contributed by atoms with Gasteiger partial charge in [-0.1, -0.05) is 6.07 Å². The summed E-state index contributed by atoms with van der Waals surface area (Å²) in [5, 5.41) is 12.8. The van der Waals surface area contributed by atoms with Gasteiger partial charge in [0.25, 0.3) is 0 Å². The first-order chi connectivity index (χ1) is 15.4. The van der Waals surface area contributed by atoms with E-state index >= 15 is 0 Å². The van der Waals surface area contributed by atoms with Gasteiger partial charge in [-0.05, 0) is 36.8 Å². The zero-order valence-corrected chi connectivity index (χ0v) is 17.9. The number of benzene rings is 1. The van der Waals surface area contributed by atoms with Crippen molar-refractivity contribution < 1.29 is 19.2 Å². The van der Waals surface area contributed by atoms with Gasteiger partial charge in [0.05, 0.1) is 12.2 Å². The molecule has 32 heavy (non-hydrogen) atoms. The smallest absolute Gasteiger partial charge is 0.246 e. The van der Waals surface area contributed by atoms with Gasteiger partial charge < -0.3 is 25.2 Å². The monoisotopic (exact) mass is 438 g/mol. The van der Waals surface area contributed by atoms with E-state index in [4.69, 9.17) is 15.4 Å². The largest absolute Gasteiger partial charge is 0.459 e. The molecule has 2 heterocycles. The molecule has 3 rings (SSSR count). The number of likely N-dealkylation sites (N-methyl/N-ethyl adjacent to an activating group) is 1. The van der Waals surface area contributed by atoms with Gasteiger partial charge in [0.2, 0.25) is 5.91 Å². The van der Waals surface area contributed by atoms with Crippen LogP contribution >= 0.6 is 0 Å². The first-order valence-corrected chi connectivity index (χ1v) is 9.97. The number of aromatic nitrogens is 1. The van der Waals surface area contributed by atoms with Crippen molar-refractivity contribution in [2.75, 3.05) is 30.1 Å². The average Bonchev–Trinajstić information content (AvgIpc) is 3.10. The van der Waals surface area contributed by atoms with Gasteiger partial charge in [-0.3, -0.25) is 15.4 Å². The number of hydrogen-bond acceptors (Lipinski definition) is 9. The third-order valence-electron chi connectivity index (χ3n) is 4.92. The SMILES string of the molecule is Cc1c(CN(C)C(=O)/C=C/c2cnc(NNO)c(NCCC=O)c2)oc2cccc(N)c12. The van der Waals surface area contributed by atoms with E-state index in [2.05, 4.69) is 15.7 Å². The van der Waals surface area contributed by atoms with Gasteiger partial charge in [-0.25, -0.2) is 4.98 Å². The average molecular weight is 438 g/mol. The van der Waals surface area contributed by atoms with Gasteiger partial charge in [-0.15, -0.1) is 5.59 Å². The van der Waals surface area contributed by atoms with Crippen molar-refractivity contribution in [1.82, 2.24) is 15.5 Å². The Morgan fingerprint density at radius 2 is 2.19 bits per heavy atom. The Kier molecular flexibility index (Phi) is 7.42. The number of nitrogens with zero attached hydrogens (tertiary/aromatic N) is 2. The van der Waals surface area contributed by atoms with Crippen LogP contribution in [0.3, 0.4) is 0 Å². The minimum Gasteiger partial charge on any atom is -0.459 e. The molecule has 0 aliphatic carbocycles. The number of anilines is 3. The Hall–Kier alpha value is -3.89. The summed E-state index contributed by atoms with van der Waals surface area (Å²) >= 11 is 0. The van der Waals surface area contributed by atoms with Crippen molar-refractivity contribution in [3.8, 4) is 0 Å². The molecule has 0 bridgehead atoms. The fraction of sp³-hybridized carbons (Fsp3) is 0.227. The number of rotatable bonds is 10. The summed E-state index contributed by atoms with van der Waals surface area (Å²) in [4.78, 5) is 28.9. The third-order valence-corrected chi connectivity index (χ3v) is 4.92. The molecule has 168 valence electrons. The zero-order chi connectivity index (χ0) is 23.1. The molecule has 3 aromatic rings. The van der Waals surface area contributed by atoms with E-state index in [1.165, 1.54) is 6.08 Å². The highest BCUT2D eigenvalue weighted by molar-refractivity contribution is 5.94. The molecule has 0 aliphatic rings. The molecule has 0 saturated carbocycles. The highest BCUT2D eigenvalue weighted by atomic mass is 16.5. The lowest BCUT2D eigenvalue weighted by atomic mass is 10.1. The molecule has 0 spiro atoms. The fourth-order valence-corrected chi connectivity index (χ4v) is 3.25. The lowest BCUT2D eigenvalue weighted by molar-refractivity contribution is -0.125. The van der Waals surface area contributed by atoms with Crippen LogP contribution in [0.1, 0.15) is 23.3 Å². The van der Waals surface area contributed by atoms with E-state index in [0.29, 0.717) is 53.6 Å². The van der Waals surface area contributed by atoms with E-state index in [1.54, 1.807) is 30.3 Å². The summed E-state index contributed by atoms with van der Waals surface area (Å²) < 4.78 is 5.89. The first kappa shape index (κ1) is 22.8. The molecule has 2 aromatic heterocycles. The Bertz CT molecular complexity index is 1140. The molecule has 10 heteroatoms. The zero-order valence-electron chi connectivity index (χ0n) is 17.9. The van der Waals surface area contributed by atoms with Crippen LogP contribution in [-0.4, -0.2) is 40.9 Å². The maximum absolute atomic E-state index is 12.6. The van der Waals surface area contributed by atoms with Crippen LogP contribution < -0.4 is 22.1 Å². The number of furan rings is 1. The van der Waals surface area contributed by atoms with E-state index in [9.17, 15) is 9.59 Å². The molecule has 0 radical (unpaired) electrons. The maximum Gasteiger partial charge on any atom is 0.246 e. The van der Waals surface area contributed by atoms with Crippen molar-refractivity contribution in [2.24, 2.45) is 0 Å². The highest BCUT2D eigenvalue weighted by Crippen LogP contribution is 2.30. The summed E-state index contributed by atoms with van der Waals surface area (Å²) in [7, 11) is 1.69. The third kappa shape index (κ3) is 5.23. The number of fused-ring (bicyclic) bond motifs is 1. The van der Waals surface area contributed by atoms with Gasteiger partial charge in [0.1, 0.15) is 17.6 Å². The Labute approximate surface area is 185 Å². The Morgan fingerprint density at radius 3 is 2.91 bits per heavy atom. The Balaban J connectivity index is 1.71. The van der Waals surface area contributed by atoms with Crippen LogP contribution in [0.5, 0.6) is 0 Å². The molecular formula is C22H26N6O4. The molecule has 0 unspecified atom stereocenters. The number of pyridine rings is 1. The van der Waals surface area contributed by atoms with Gasteiger partial charge in [-0.2, -0.15) is 0 Å². The number of carbonyl (C=O) groups excluding carboxylic acids is 2. The highest BCUT2D eigenvalue weighted by Gasteiger charge is 2.16. The predicted octanol–water partition coefficient (Wildman–Crippen LogP) is 2.70. The van der Waals surface area contributed by atoms with Crippen molar-refractivity contribution >= 4 is 46.4 Å². The van der Waals surface area contributed by atoms with Gasteiger partial charge >= 0.3 is 0 Å². The molecule has 6 N–H and O–H groups in total. The van der Waals surface area contributed by atoms with Crippen LogP contribution in [0.15, 0.2) is 41.0 Å². The molecule has 1 amide bonds. The van der Waals surface area contributed by atoms with E-state index in [1.807, 2.05) is 30.7 Å². The molecule has 1 aromatic carbocycles. The van der Waals surface area contributed by atoms with Crippen molar-refractivity contribution in [3.63, 3.8) is 0 Å². The van der Waals surface area contributed by atoms with Crippen molar-refractivity contribution in [2.45, 2.75) is 19.9 Å². The van der Waals surface area contributed by atoms with E-state index in [0.717, 1.165) is 17.2 Å². The topological polar surface area (TPSA) is 146 Å². The number of aldehydes is 1. The molecule has 0 aliphatic heterocycles. The predicted molar refractivity (Wildman–Crippen MR) is 123 cm³/mol.